The molecule has 0 aliphatic carbocycles. The molecule has 0 rings (SSSR count). The number of carbonyl (C=O) groups is 3. The van der Waals surface area contributed by atoms with Crippen molar-refractivity contribution >= 4 is 17.9 Å². The first-order valence-electron chi connectivity index (χ1n) is 28.9. The summed E-state index contributed by atoms with van der Waals surface area (Å²) in [5.74, 6) is 0.0720. The third kappa shape index (κ3) is 49.8. The zero-order valence-corrected chi connectivity index (χ0v) is 43.8. The molecule has 0 N–H and O–H groups in total. The summed E-state index contributed by atoms with van der Waals surface area (Å²) in [6, 6.07) is 0. The van der Waals surface area contributed by atoms with Crippen LogP contribution in [0.15, 0.2) is 0 Å². The van der Waals surface area contributed by atoms with Crippen molar-refractivity contribution in [2.24, 2.45) is 5.92 Å². The van der Waals surface area contributed by atoms with E-state index in [4.69, 9.17) is 14.2 Å². The Hall–Kier alpha value is -1.59. The van der Waals surface area contributed by atoms with E-state index >= 15 is 0 Å². The van der Waals surface area contributed by atoms with Crippen molar-refractivity contribution in [1.29, 1.82) is 0 Å². The van der Waals surface area contributed by atoms with Crippen molar-refractivity contribution in [2.45, 2.75) is 336 Å². The lowest BCUT2D eigenvalue weighted by Gasteiger charge is -2.18. The van der Waals surface area contributed by atoms with Gasteiger partial charge in [0.1, 0.15) is 13.2 Å². The maximum absolute atomic E-state index is 12.8. The summed E-state index contributed by atoms with van der Waals surface area (Å²) in [4.78, 5) is 38.0. The van der Waals surface area contributed by atoms with E-state index in [2.05, 4.69) is 27.7 Å². The van der Waals surface area contributed by atoms with Gasteiger partial charge >= 0.3 is 17.9 Å². The molecule has 0 heterocycles. The third-order valence-electron chi connectivity index (χ3n) is 13.7. The van der Waals surface area contributed by atoms with Crippen LogP contribution < -0.4 is 0 Å². The monoisotopic (exact) mass is 905 g/mol. The van der Waals surface area contributed by atoms with Crippen LogP contribution in [0.2, 0.25) is 0 Å². The number of rotatable bonds is 53. The minimum absolute atomic E-state index is 0.0619. The van der Waals surface area contributed by atoms with Gasteiger partial charge in [0, 0.05) is 19.3 Å². The van der Waals surface area contributed by atoms with Crippen LogP contribution in [0, 0.1) is 5.92 Å². The molecule has 64 heavy (non-hydrogen) atoms. The van der Waals surface area contributed by atoms with Crippen LogP contribution >= 0.6 is 0 Å². The standard InChI is InChI=1S/C58H112O6/c1-5-8-10-12-14-16-18-25-30-34-38-42-46-50-57(60)63-53-55(52-62-56(59)49-45-41-37-33-28-17-15-13-11-9-6-2)64-58(61)51-47-43-39-35-31-27-24-22-20-19-21-23-26-29-32-36-40-44-48-54(4)7-3/h54-55H,5-53H2,1-4H3/t54?,55-/m0/s1. The summed E-state index contributed by atoms with van der Waals surface area (Å²) >= 11 is 0. The molecule has 380 valence electrons. The maximum atomic E-state index is 12.8. The second kappa shape index (κ2) is 52.4. The van der Waals surface area contributed by atoms with E-state index in [1.54, 1.807) is 0 Å². The number of carbonyl (C=O) groups excluding carboxylic acids is 3. The quantitative estimate of drug-likeness (QED) is 0.0344. The van der Waals surface area contributed by atoms with Crippen molar-refractivity contribution < 1.29 is 28.6 Å². The Morgan fingerprint density at radius 3 is 0.812 bits per heavy atom. The van der Waals surface area contributed by atoms with E-state index in [1.165, 1.54) is 225 Å². The summed E-state index contributed by atoms with van der Waals surface area (Å²) in [7, 11) is 0. The molecule has 0 aromatic heterocycles. The number of hydrogen-bond donors (Lipinski definition) is 0. The molecule has 0 radical (unpaired) electrons. The van der Waals surface area contributed by atoms with Gasteiger partial charge in [-0.3, -0.25) is 14.4 Å². The Bertz CT molecular complexity index is 966. The lowest BCUT2D eigenvalue weighted by molar-refractivity contribution is -0.167. The lowest BCUT2D eigenvalue weighted by Crippen LogP contribution is -2.30. The minimum atomic E-state index is -0.761. The molecule has 0 fully saturated rings. The van der Waals surface area contributed by atoms with Crippen LogP contribution in [-0.2, 0) is 28.6 Å². The fourth-order valence-corrected chi connectivity index (χ4v) is 8.89. The SMILES string of the molecule is CCCCCCCCCCCCCCCC(=O)OC[C@H](COC(=O)CCCCCCCCCCCCC)OC(=O)CCCCCCCCCCCCCCCCCCCCC(C)CC. The Morgan fingerprint density at radius 2 is 0.547 bits per heavy atom. The van der Waals surface area contributed by atoms with Crippen molar-refractivity contribution in [3.63, 3.8) is 0 Å². The average Bonchev–Trinajstić information content (AvgIpc) is 3.29. The van der Waals surface area contributed by atoms with Gasteiger partial charge in [0.25, 0.3) is 0 Å². The van der Waals surface area contributed by atoms with Crippen LogP contribution in [0.25, 0.3) is 0 Å². The molecule has 0 amide bonds. The predicted octanol–water partition coefficient (Wildman–Crippen LogP) is 19.0. The van der Waals surface area contributed by atoms with Gasteiger partial charge < -0.3 is 14.2 Å². The summed E-state index contributed by atoms with van der Waals surface area (Å²) in [6.45, 7) is 9.09. The zero-order valence-electron chi connectivity index (χ0n) is 43.8. The largest absolute Gasteiger partial charge is 0.462 e. The molecular weight excluding hydrogens is 793 g/mol. The molecule has 0 spiro atoms. The van der Waals surface area contributed by atoms with Gasteiger partial charge in [-0.1, -0.05) is 291 Å². The van der Waals surface area contributed by atoms with Gasteiger partial charge in [0.2, 0.25) is 0 Å². The van der Waals surface area contributed by atoms with Crippen molar-refractivity contribution in [3.05, 3.63) is 0 Å². The third-order valence-corrected chi connectivity index (χ3v) is 13.7. The van der Waals surface area contributed by atoms with Crippen molar-refractivity contribution in [2.75, 3.05) is 13.2 Å². The zero-order chi connectivity index (χ0) is 46.7. The van der Waals surface area contributed by atoms with Crippen LogP contribution in [0.5, 0.6) is 0 Å². The molecule has 0 aliphatic heterocycles. The topological polar surface area (TPSA) is 78.9 Å². The fraction of sp³-hybridized carbons (Fsp3) is 0.948. The fourth-order valence-electron chi connectivity index (χ4n) is 8.89. The Morgan fingerprint density at radius 1 is 0.312 bits per heavy atom. The molecule has 0 saturated carbocycles. The maximum Gasteiger partial charge on any atom is 0.306 e. The Kier molecular flexibility index (Phi) is 51.1. The van der Waals surface area contributed by atoms with E-state index in [0.29, 0.717) is 19.3 Å². The molecule has 0 aliphatic rings. The van der Waals surface area contributed by atoms with Crippen LogP contribution in [-0.4, -0.2) is 37.2 Å². The first-order chi connectivity index (χ1) is 31.4. The molecule has 0 aromatic rings. The van der Waals surface area contributed by atoms with Gasteiger partial charge in [0.15, 0.2) is 6.10 Å². The summed E-state index contributed by atoms with van der Waals surface area (Å²) < 4.78 is 16.9. The molecule has 1 unspecified atom stereocenters. The summed E-state index contributed by atoms with van der Waals surface area (Å²) in [5.41, 5.74) is 0. The van der Waals surface area contributed by atoms with E-state index in [1.807, 2.05) is 0 Å². The molecule has 0 bridgehead atoms. The predicted molar refractivity (Wildman–Crippen MR) is 275 cm³/mol. The number of esters is 3. The van der Waals surface area contributed by atoms with Gasteiger partial charge in [-0.25, -0.2) is 0 Å². The Labute approximate surface area is 399 Å². The number of ether oxygens (including phenoxy) is 3. The second-order valence-corrected chi connectivity index (χ2v) is 20.2. The lowest BCUT2D eigenvalue weighted by atomic mass is 9.99. The highest BCUT2D eigenvalue weighted by Crippen LogP contribution is 2.18. The Balaban J connectivity index is 4.21. The molecule has 0 aromatic carbocycles. The molecule has 6 nitrogen and oxygen atoms in total. The highest BCUT2D eigenvalue weighted by atomic mass is 16.6. The van der Waals surface area contributed by atoms with Crippen LogP contribution in [0.1, 0.15) is 329 Å². The average molecular weight is 906 g/mol. The van der Waals surface area contributed by atoms with Gasteiger partial charge in [-0.05, 0) is 25.2 Å². The number of hydrogen-bond acceptors (Lipinski definition) is 6. The van der Waals surface area contributed by atoms with Crippen molar-refractivity contribution in [1.82, 2.24) is 0 Å². The van der Waals surface area contributed by atoms with Crippen molar-refractivity contribution in [3.8, 4) is 0 Å². The van der Waals surface area contributed by atoms with E-state index in [0.717, 1.165) is 63.7 Å². The van der Waals surface area contributed by atoms with Crippen LogP contribution in [0.4, 0.5) is 0 Å². The molecule has 6 heteroatoms. The first-order valence-corrected chi connectivity index (χ1v) is 28.9. The van der Waals surface area contributed by atoms with E-state index < -0.39 is 6.10 Å². The smallest absolute Gasteiger partial charge is 0.306 e. The van der Waals surface area contributed by atoms with Gasteiger partial charge in [0.05, 0.1) is 0 Å². The van der Waals surface area contributed by atoms with Crippen LogP contribution in [0.3, 0.4) is 0 Å². The first kappa shape index (κ1) is 62.4. The molecular formula is C58H112O6. The number of unbranched alkanes of at least 4 members (excludes halogenated alkanes) is 39. The second-order valence-electron chi connectivity index (χ2n) is 20.2. The summed E-state index contributed by atoms with van der Waals surface area (Å²) in [5, 5.41) is 0. The minimum Gasteiger partial charge on any atom is -0.462 e. The van der Waals surface area contributed by atoms with E-state index in [-0.39, 0.29) is 31.1 Å². The van der Waals surface area contributed by atoms with E-state index in [9.17, 15) is 14.4 Å². The molecule has 0 saturated heterocycles. The van der Waals surface area contributed by atoms with Gasteiger partial charge in [-0.2, -0.15) is 0 Å². The normalized spacial score (nSPS) is 12.4. The highest BCUT2D eigenvalue weighted by Gasteiger charge is 2.19. The summed E-state index contributed by atoms with van der Waals surface area (Å²) in [6.07, 6.45) is 56.6. The van der Waals surface area contributed by atoms with Gasteiger partial charge in [-0.15, -0.1) is 0 Å². The molecule has 2 atom stereocenters. The highest BCUT2D eigenvalue weighted by molar-refractivity contribution is 5.71.